The molecule has 1 aromatic rings. The lowest BCUT2D eigenvalue weighted by Crippen LogP contribution is -2.07. The third-order valence-electron chi connectivity index (χ3n) is 1.76. The standard InChI is InChI=1S/C10H17NS/c1-7(2)9-11-6-8(12-9)10(3,4)5/h6-7H,1-5H3. The minimum atomic E-state index is 0.255. The number of aromatic nitrogens is 1. The third kappa shape index (κ3) is 2.07. The number of hydrogen-bond donors (Lipinski definition) is 0. The molecule has 0 spiro atoms. The van der Waals surface area contributed by atoms with Gasteiger partial charge in [-0.3, -0.25) is 0 Å². The SMILES string of the molecule is CC(C)c1ncc(C(C)(C)C)s1. The Morgan fingerprint density at radius 3 is 2.17 bits per heavy atom. The number of hydrogen-bond acceptors (Lipinski definition) is 2. The first-order chi connectivity index (χ1) is 5.41. The van der Waals surface area contributed by atoms with Gasteiger partial charge in [0.15, 0.2) is 0 Å². The zero-order valence-corrected chi connectivity index (χ0v) is 9.33. The van der Waals surface area contributed by atoms with Crippen LogP contribution in [-0.2, 0) is 5.41 Å². The molecule has 12 heavy (non-hydrogen) atoms. The summed E-state index contributed by atoms with van der Waals surface area (Å²) in [6.45, 7) is 11.1. The molecule has 0 aromatic carbocycles. The van der Waals surface area contributed by atoms with E-state index in [4.69, 9.17) is 0 Å². The summed E-state index contributed by atoms with van der Waals surface area (Å²) in [5, 5.41) is 1.25. The van der Waals surface area contributed by atoms with Crippen molar-refractivity contribution >= 4 is 11.3 Å². The van der Waals surface area contributed by atoms with Crippen molar-refractivity contribution in [2.75, 3.05) is 0 Å². The van der Waals surface area contributed by atoms with E-state index in [1.807, 2.05) is 17.5 Å². The molecule has 2 heteroatoms. The quantitative estimate of drug-likeness (QED) is 0.648. The normalized spacial score (nSPS) is 12.5. The molecule has 0 aliphatic carbocycles. The monoisotopic (exact) mass is 183 g/mol. The summed E-state index contributed by atoms with van der Waals surface area (Å²) in [5.74, 6) is 0.561. The Labute approximate surface area is 78.8 Å². The predicted molar refractivity (Wildman–Crippen MR) is 54.9 cm³/mol. The Morgan fingerprint density at radius 1 is 1.33 bits per heavy atom. The zero-order valence-electron chi connectivity index (χ0n) is 8.51. The molecule has 0 saturated carbocycles. The van der Waals surface area contributed by atoms with E-state index in [0.717, 1.165) is 0 Å². The molecule has 0 atom stereocenters. The van der Waals surface area contributed by atoms with Gasteiger partial charge in [0.1, 0.15) is 0 Å². The van der Waals surface area contributed by atoms with E-state index >= 15 is 0 Å². The Morgan fingerprint density at radius 2 is 1.92 bits per heavy atom. The van der Waals surface area contributed by atoms with Crippen LogP contribution >= 0.6 is 11.3 Å². The summed E-state index contributed by atoms with van der Waals surface area (Å²) in [4.78, 5) is 5.78. The van der Waals surface area contributed by atoms with Gasteiger partial charge in [0.25, 0.3) is 0 Å². The summed E-state index contributed by atoms with van der Waals surface area (Å²) in [6, 6.07) is 0. The highest BCUT2D eigenvalue weighted by Crippen LogP contribution is 2.30. The van der Waals surface area contributed by atoms with E-state index in [1.165, 1.54) is 9.88 Å². The van der Waals surface area contributed by atoms with Gasteiger partial charge in [-0.15, -0.1) is 11.3 Å². The van der Waals surface area contributed by atoms with Crippen LogP contribution in [0.5, 0.6) is 0 Å². The van der Waals surface area contributed by atoms with Gasteiger partial charge < -0.3 is 0 Å². The van der Waals surface area contributed by atoms with Crippen LogP contribution in [0.25, 0.3) is 0 Å². The van der Waals surface area contributed by atoms with Crippen LogP contribution in [0.3, 0.4) is 0 Å². The molecule has 1 rings (SSSR count). The molecule has 68 valence electrons. The number of rotatable bonds is 1. The lowest BCUT2D eigenvalue weighted by Gasteiger charge is -2.14. The van der Waals surface area contributed by atoms with Gasteiger partial charge in [-0.25, -0.2) is 4.98 Å². The minimum Gasteiger partial charge on any atom is -0.249 e. The fourth-order valence-corrected chi connectivity index (χ4v) is 1.88. The van der Waals surface area contributed by atoms with Gasteiger partial charge in [0.2, 0.25) is 0 Å². The summed E-state index contributed by atoms with van der Waals surface area (Å²) in [7, 11) is 0. The Kier molecular flexibility index (Phi) is 2.57. The molecule has 0 bridgehead atoms. The van der Waals surface area contributed by atoms with Crippen LogP contribution in [0.1, 0.15) is 50.4 Å². The second kappa shape index (κ2) is 3.17. The maximum atomic E-state index is 4.40. The van der Waals surface area contributed by atoms with Gasteiger partial charge in [0.05, 0.1) is 5.01 Å². The fraction of sp³-hybridized carbons (Fsp3) is 0.700. The van der Waals surface area contributed by atoms with E-state index in [0.29, 0.717) is 5.92 Å². The fourth-order valence-electron chi connectivity index (χ4n) is 0.901. The molecule has 1 nitrogen and oxygen atoms in total. The maximum Gasteiger partial charge on any atom is 0.0953 e. The van der Waals surface area contributed by atoms with Crippen molar-refractivity contribution in [2.45, 2.75) is 46.0 Å². The Balaban J connectivity index is 2.92. The van der Waals surface area contributed by atoms with E-state index in [2.05, 4.69) is 39.6 Å². The van der Waals surface area contributed by atoms with Gasteiger partial charge in [-0.1, -0.05) is 34.6 Å². The topological polar surface area (TPSA) is 12.9 Å². The highest BCUT2D eigenvalue weighted by molar-refractivity contribution is 7.11. The van der Waals surface area contributed by atoms with Crippen molar-refractivity contribution in [3.63, 3.8) is 0 Å². The van der Waals surface area contributed by atoms with E-state index in [9.17, 15) is 0 Å². The third-order valence-corrected chi connectivity index (χ3v) is 3.48. The van der Waals surface area contributed by atoms with Crippen molar-refractivity contribution in [3.05, 3.63) is 16.1 Å². The Hall–Kier alpha value is -0.370. The molecule has 0 N–H and O–H groups in total. The van der Waals surface area contributed by atoms with E-state index < -0.39 is 0 Å². The van der Waals surface area contributed by atoms with Crippen LogP contribution in [0.2, 0.25) is 0 Å². The first-order valence-electron chi connectivity index (χ1n) is 4.37. The second-order valence-corrected chi connectivity index (χ2v) is 5.53. The molecule has 0 unspecified atom stereocenters. The van der Waals surface area contributed by atoms with E-state index in [-0.39, 0.29) is 5.41 Å². The van der Waals surface area contributed by atoms with E-state index in [1.54, 1.807) is 0 Å². The molecule has 0 aliphatic heterocycles. The number of thiazole rings is 1. The van der Waals surface area contributed by atoms with Crippen molar-refractivity contribution in [3.8, 4) is 0 Å². The largest absolute Gasteiger partial charge is 0.249 e. The van der Waals surface area contributed by atoms with Crippen LogP contribution in [0, 0.1) is 0 Å². The van der Waals surface area contributed by atoms with Crippen molar-refractivity contribution in [1.29, 1.82) is 0 Å². The van der Waals surface area contributed by atoms with Gasteiger partial charge in [-0.2, -0.15) is 0 Å². The summed E-state index contributed by atoms with van der Waals surface area (Å²) >= 11 is 1.84. The van der Waals surface area contributed by atoms with Crippen LogP contribution in [0.4, 0.5) is 0 Å². The molecule has 0 aliphatic rings. The van der Waals surface area contributed by atoms with Crippen molar-refractivity contribution in [2.24, 2.45) is 0 Å². The first-order valence-corrected chi connectivity index (χ1v) is 5.19. The molecule has 0 amide bonds. The second-order valence-electron chi connectivity index (χ2n) is 4.47. The molecule has 1 aromatic heterocycles. The van der Waals surface area contributed by atoms with Crippen LogP contribution in [0.15, 0.2) is 6.20 Å². The van der Waals surface area contributed by atoms with Crippen LogP contribution < -0.4 is 0 Å². The Bertz CT molecular complexity index is 255. The zero-order chi connectivity index (χ0) is 9.35. The molecule has 0 fully saturated rings. The van der Waals surface area contributed by atoms with Gasteiger partial charge in [0, 0.05) is 17.0 Å². The lowest BCUT2D eigenvalue weighted by atomic mass is 9.96. The highest BCUT2D eigenvalue weighted by Gasteiger charge is 2.17. The number of nitrogens with zero attached hydrogens (tertiary/aromatic N) is 1. The molecule has 0 saturated heterocycles. The average Bonchev–Trinajstić information content (AvgIpc) is 2.30. The lowest BCUT2D eigenvalue weighted by molar-refractivity contribution is 0.602. The smallest absolute Gasteiger partial charge is 0.0953 e. The maximum absolute atomic E-state index is 4.40. The summed E-state index contributed by atoms with van der Waals surface area (Å²) < 4.78 is 0. The average molecular weight is 183 g/mol. The summed E-state index contributed by atoms with van der Waals surface area (Å²) in [6.07, 6.45) is 2.01. The molecular formula is C10H17NS. The van der Waals surface area contributed by atoms with Crippen molar-refractivity contribution < 1.29 is 0 Å². The molecule has 0 radical (unpaired) electrons. The predicted octanol–water partition coefficient (Wildman–Crippen LogP) is 3.56. The minimum absolute atomic E-state index is 0.255. The first kappa shape index (κ1) is 9.72. The van der Waals surface area contributed by atoms with Gasteiger partial charge in [-0.05, 0) is 5.41 Å². The van der Waals surface area contributed by atoms with Crippen molar-refractivity contribution in [1.82, 2.24) is 4.98 Å². The summed E-state index contributed by atoms with van der Waals surface area (Å²) in [5.41, 5.74) is 0.255. The molecular weight excluding hydrogens is 166 g/mol. The highest BCUT2D eigenvalue weighted by atomic mass is 32.1. The molecule has 1 heterocycles. The van der Waals surface area contributed by atoms with Gasteiger partial charge >= 0.3 is 0 Å². The van der Waals surface area contributed by atoms with Crippen LogP contribution in [-0.4, -0.2) is 4.98 Å².